The zero-order valence-corrected chi connectivity index (χ0v) is 14.7. The summed E-state index contributed by atoms with van der Waals surface area (Å²) in [6, 6.07) is 11.6. The summed E-state index contributed by atoms with van der Waals surface area (Å²) in [7, 11) is 0. The van der Waals surface area contributed by atoms with Gasteiger partial charge < -0.3 is 5.73 Å². The van der Waals surface area contributed by atoms with Crippen molar-refractivity contribution in [3.63, 3.8) is 0 Å². The third-order valence-electron chi connectivity index (χ3n) is 4.08. The van der Waals surface area contributed by atoms with E-state index in [9.17, 15) is 4.79 Å². The second kappa shape index (κ2) is 6.19. The van der Waals surface area contributed by atoms with Gasteiger partial charge in [0, 0.05) is 6.20 Å². The summed E-state index contributed by atoms with van der Waals surface area (Å²) < 4.78 is 2.84. The van der Waals surface area contributed by atoms with Gasteiger partial charge in [0.2, 0.25) is 0 Å². The molecule has 0 unspecified atom stereocenters. The molecule has 3 N–H and O–H groups in total. The summed E-state index contributed by atoms with van der Waals surface area (Å²) in [6.45, 7) is 2.03. The maximum atomic E-state index is 12.6. The van der Waals surface area contributed by atoms with Gasteiger partial charge in [0.05, 0.1) is 11.3 Å². The molecular formula is C17H15N7OS. The molecule has 9 heteroatoms. The first-order valence-electron chi connectivity index (χ1n) is 8.01. The fraction of sp³-hybridized carbons (Fsp3) is 0.118. The van der Waals surface area contributed by atoms with Gasteiger partial charge >= 0.3 is 0 Å². The predicted molar refractivity (Wildman–Crippen MR) is 104 cm³/mol. The van der Waals surface area contributed by atoms with Crippen LogP contribution in [0.2, 0.25) is 0 Å². The quantitative estimate of drug-likeness (QED) is 0.530. The van der Waals surface area contributed by atoms with Crippen molar-refractivity contribution in [1.29, 1.82) is 0 Å². The van der Waals surface area contributed by atoms with Crippen LogP contribution >= 0.6 is 12.2 Å². The Bertz CT molecular complexity index is 1200. The van der Waals surface area contributed by atoms with Gasteiger partial charge in [0.15, 0.2) is 16.3 Å². The van der Waals surface area contributed by atoms with Crippen molar-refractivity contribution in [3.05, 3.63) is 58.6 Å². The maximum absolute atomic E-state index is 12.6. The highest BCUT2D eigenvalue weighted by molar-refractivity contribution is 7.80. The van der Waals surface area contributed by atoms with Crippen LogP contribution in [-0.4, -0.2) is 29.6 Å². The monoisotopic (exact) mass is 365 g/mol. The van der Waals surface area contributed by atoms with Crippen LogP contribution in [-0.2, 0) is 6.42 Å². The van der Waals surface area contributed by atoms with Crippen molar-refractivity contribution in [2.75, 3.05) is 5.43 Å². The fourth-order valence-electron chi connectivity index (χ4n) is 2.95. The summed E-state index contributed by atoms with van der Waals surface area (Å²) in [6.07, 6.45) is 2.27. The number of hydrogen-bond donors (Lipinski definition) is 2. The predicted octanol–water partition coefficient (Wildman–Crippen LogP) is 1.46. The molecule has 3 heterocycles. The Hall–Kier alpha value is -3.33. The number of nitrogens with two attached hydrogens (primary N) is 1. The lowest BCUT2D eigenvalue weighted by Gasteiger charge is -2.08. The second-order valence-corrected chi connectivity index (χ2v) is 6.12. The first-order chi connectivity index (χ1) is 12.6. The molecule has 3 aromatic heterocycles. The molecule has 8 nitrogen and oxygen atoms in total. The molecule has 0 saturated heterocycles. The highest BCUT2D eigenvalue weighted by atomic mass is 32.1. The Morgan fingerprint density at radius 2 is 2.00 bits per heavy atom. The third-order valence-corrected chi connectivity index (χ3v) is 4.17. The number of aromatic nitrogens is 5. The van der Waals surface area contributed by atoms with Crippen LogP contribution in [0.15, 0.2) is 47.4 Å². The van der Waals surface area contributed by atoms with Crippen molar-refractivity contribution >= 4 is 34.0 Å². The number of aryl methyl sites for hydroxylation is 1. The smallest absolute Gasteiger partial charge is 0.299 e. The van der Waals surface area contributed by atoms with Gasteiger partial charge in [-0.3, -0.25) is 10.2 Å². The summed E-state index contributed by atoms with van der Waals surface area (Å²) in [4.78, 5) is 12.6. The SMILES string of the molecule is CCc1nn2c(nnc3c(=O)n(NC(N)=S)ccc32)c1-c1ccccc1. The lowest BCUT2D eigenvalue weighted by molar-refractivity contribution is 0.873. The van der Waals surface area contributed by atoms with E-state index in [1.807, 2.05) is 37.3 Å². The van der Waals surface area contributed by atoms with Crippen LogP contribution in [0.25, 0.3) is 27.8 Å². The van der Waals surface area contributed by atoms with E-state index >= 15 is 0 Å². The minimum Gasteiger partial charge on any atom is -0.375 e. The number of benzene rings is 1. The van der Waals surface area contributed by atoms with Crippen molar-refractivity contribution in [1.82, 2.24) is 24.5 Å². The highest BCUT2D eigenvalue weighted by Crippen LogP contribution is 2.28. The van der Waals surface area contributed by atoms with Gasteiger partial charge in [-0.1, -0.05) is 37.3 Å². The molecule has 1 aromatic carbocycles. The number of rotatable bonds is 3. The largest absolute Gasteiger partial charge is 0.375 e. The van der Waals surface area contributed by atoms with Crippen LogP contribution in [0.4, 0.5) is 0 Å². The van der Waals surface area contributed by atoms with E-state index in [0.29, 0.717) is 11.2 Å². The number of pyridine rings is 1. The van der Waals surface area contributed by atoms with Crippen molar-refractivity contribution < 1.29 is 0 Å². The van der Waals surface area contributed by atoms with E-state index in [2.05, 4.69) is 20.7 Å². The van der Waals surface area contributed by atoms with E-state index in [4.69, 9.17) is 18.0 Å². The number of nitrogens with one attached hydrogen (secondary N) is 1. The minimum atomic E-state index is -0.403. The fourth-order valence-corrected chi connectivity index (χ4v) is 3.04. The lowest BCUT2D eigenvalue weighted by Crippen LogP contribution is -2.36. The number of nitrogens with zero attached hydrogens (tertiary/aromatic N) is 5. The van der Waals surface area contributed by atoms with E-state index in [-0.39, 0.29) is 10.6 Å². The van der Waals surface area contributed by atoms with Gasteiger partial charge in [0.25, 0.3) is 5.56 Å². The Morgan fingerprint density at radius 3 is 2.69 bits per heavy atom. The number of fused-ring (bicyclic) bond motifs is 3. The van der Waals surface area contributed by atoms with Crippen molar-refractivity contribution in [2.24, 2.45) is 5.73 Å². The van der Waals surface area contributed by atoms with E-state index in [0.717, 1.165) is 23.2 Å². The zero-order valence-electron chi connectivity index (χ0n) is 13.9. The molecule has 0 atom stereocenters. The van der Waals surface area contributed by atoms with Gasteiger partial charge in [0.1, 0.15) is 5.52 Å². The maximum Gasteiger partial charge on any atom is 0.299 e. The molecule has 0 spiro atoms. The van der Waals surface area contributed by atoms with Crippen LogP contribution < -0.4 is 16.7 Å². The summed E-state index contributed by atoms with van der Waals surface area (Å²) in [5.41, 5.74) is 11.8. The topological polar surface area (TPSA) is 103 Å². The van der Waals surface area contributed by atoms with Crippen LogP contribution in [0.1, 0.15) is 12.6 Å². The summed E-state index contributed by atoms with van der Waals surface area (Å²) in [5, 5.41) is 13.1. The number of hydrogen-bond acceptors (Lipinski definition) is 5. The molecule has 4 aromatic rings. The normalized spacial score (nSPS) is 11.1. The van der Waals surface area contributed by atoms with Gasteiger partial charge in [-0.25, -0.2) is 9.19 Å². The van der Waals surface area contributed by atoms with Crippen molar-refractivity contribution in [2.45, 2.75) is 13.3 Å². The standard InChI is InChI=1S/C17H15N7OS/c1-2-11-13(10-6-4-3-5-7-10)15-20-19-14-12(24(15)21-11)8-9-23(16(14)25)22-17(18)26/h3-9H,2H2,1H3,(H3,18,22,26). The zero-order chi connectivity index (χ0) is 18.3. The Morgan fingerprint density at radius 1 is 1.23 bits per heavy atom. The second-order valence-electron chi connectivity index (χ2n) is 5.68. The minimum absolute atomic E-state index is 0.0146. The van der Waals surface area contributed by atoms with Gasteiger partial charge in [-0.05, 0) is 30.3 Å². The first kappa shape index (κ1) is 16.2. The van der Waals surface area contributed by atoms with E-state index in [1.165, 1.54) is 4.68 Å². The molecule has 0 amide bonds. The molecule has 0 fully saturated rings. The highest BCUT2D eigenvalue weighted by Gasteiger charge is 2.18. The Labute approximate surface area is 153 Å². The van der Waals surface area contributed by atoms with E-state index < -0.39 is 5.56 Å². The molecule has 26 heavy (non-hydrogen) atoms. The van der Waals surface area contributed by atoms with Crippen LogP contribution in [0.3, 0.4) is 0 Å². The molecule has 0 aliphatic rings. The molecule has 130 valence electrons. The molecular weight excluding hydrogens is 350 g/mol. The third kappa shape index (κ3) is 2.49. The van der Waals surface area contributed by atoms with Crippen molar-refractivity contribution in [3.8, 4) is 11.1 Å². The average molecular weight is 365 g/mol. The molecule has 0 radical (unpaired) electrons. The van der Waals surface area contributed by atoms with Gasteiger partial charge in [-0.2, -0.15) is 5.10 Å². The Kier molecular flexibility index (Phi) is 3.85. The average Bonchev–Trinajstić information content (AvgIpc) is 3.03. The van der Waals surface area contributed by atoms with Gasteiger partial charge in [-0.15, -0.1) is 10.2 Å². The molecule has 4 rings (SSSR count). The van der Waals surface area contributed by atoms with Crippen LogP contribution in [0, 0.1) is 0 Å². The van der Waals surface area contributed by atoms with E-state index in [1.54, 1.807) is 16.8 Å². The first-order valence-corrected chi connectivity index (χ1v) is 8.42. The molecule has 0 aliphatic heterocycles. The molecule has 0 aliphatic carbocycles. The molecule has 0 saturated carbocycles. The Balaban J connectivity index is 2.03. The number of thiocarbonyl (C=S) groups is 1. The summed E-state index contributed by atoms with van der Waals surface area (Å²) >= 11 is 4.78. The van der Waals surface area contributed by atoms with Crippen LogP contribution in [0.5, 0.6) is 0 Å². The summed E-state index contributed by atoms with van der Waals surface area (Å²) in [5.74, 6) is 0. The lowest BCUT2D eigenvalue weighted by atomic mass is 10.0. The molecule has 0 bridgehead atoms.